The van der Waals surface area contributed by atoms with Crippen LogP contribution in [0.4, 0.5) is 0 Å². The van der Waals surface area contributed by atoms with Crippen molar-refractivity contribution in [2.24, 2.45) is 0 Å². The lowest BCUT2D eigenvalue weighted by atomic mass is 9.99. The Kier molecular flexibility index (Phi) is 28.7. The Morgan fingerprint density at radius 1 is 0.746 bits per heavy atom. The number of methoxy groups -OCH3 is 2. The maximum absolute atomic E-state index is 13.3. The van der Waals surface area contributed by atoms with Gasteiger partial charge in [-0.3, -0.25) is 19.2 Å². The molecule has 0 radical (unpaired) electrons. The molecule has 368 valence electrons. The third-order valence-electron chi connectivity index (χ3n) is 11.1. The van der Waals surface area contributed by atoms with Crippen molar-refractivity contribution < 1.29 is 88.8 Å². The molecule has 22 nitrogen and oxygen atoms in total. The molecule has 2 aliphatic heterocycles. The van der Waals surface area contributed by atoms with Gasteiger partial charge < -0.3 is 90.5 Å². The van der Waals surface area contributed by atoms with Crippen LogP contribution < -0.4 is 16.0 Å². The van der Waals surface area contributed by atoms with Crippen LogP contribution in [-0.2, 0) is 42.9 Å². The molecule has 2 fully saturated rings. The van der Waals surface area contributed by atoms with Gasteiger partial charge in [-0.1, -0.05) is 6.42 Å². The Hall–Kier alpha value is -2.68. The predicted octanol–water partition coefficient (Wildman–Crippen LogP) is -3.35. The van der Waals surface area contributed by atoms with E-state index in [9.17, 15) is 60.0 Å². The number of amides is 4. The van der Waals surface area contributed by atoms with Crippen molar-refractivity contribution in [3.8, 4) is 0 Å². The van der Waals surface area contributed by atoms with E-state index in [1.165, 1.54) is 0 Å². The average Bonchev–Trinajstić information content (AvgIpc) is 3.69. The monoisotopic (exact) mass is 913 g/mol. The lowest BCUT2D eigenvalue weighted by Crippen LogP contribution is -2.59. The maximum Gasteiger partial charge on any atom is 0.242 e. The van der Waals surface area contributed by atoms with Crippen LogP contribution in [0.2, 0.25) is 0 Å². The van der Waals surface area contributed by atoms with Crippen LogP contribution in [0, 0.1) is 0 Å². The fourth-order valence-electron chi connectivity index (χ4n) is 7.26. The molecule has 0 aliphatic carbocycles. The molecule has 0 saturated carbocycles. The molecule has 22 heteroatoms. The lowest BCUT2D eigenvalue weighted by Gasteiger charge is -2.39. The van der Waals surface area contributed by atoms with Crippen LogP contribution in [0.3, 0.4) is 0 Å². The van der Waals surface area contributed by atoms with Crippen LogP contribution in [-0.4, -0.2) is 215 Å². The van der Waals surface area contributed by atoms with E-state index in [0.717, 1.165) is 6.42 Å². The Labute approximate surface area is 369 Å². The van der Waals surface area contributed by atoms with Gasteiger partial charge >= 0.3 is 0 Å². The molecule has 2 saturated heterocycles. The van der Waals surface area contributed by atoms with E-state index in [2.05, 4.69) is 16.0 Å². The number of hydrogen-bond donors (Lipinski definition) is 12. The van der Waals surface area contributed by atoms with Crippen molar-refractivity contribution in [2.75, 3.05) is 66.9 Å². The SMILES string of the molecule is COC[C@@H]1C[C@@H](OC)CN1C(=O)CCCCCNC(=O)[C@H](CCCCNC(=O)CCCCOC(O)C(O)C(O)C(O)CCO)NC(=O)CCCCOC1OC(CO)C(O)C(O)C1O. The van der Waals surface area contributed by atoms with E-state index in [1.54, 1.807) is 14.2 Å². The van der Waals surface area contributed by atoms with Gasteiger partial charge in [-0.2, -0.15) is 0 Å². The van der Waals surface area contributed by atoms with Gasteiger partial charge in [-0.15, -0.1) is 0 Å². The van der Waals surface area contributed by atoms with Gasteiger partial charge in [0.05, 0.1) is 31.5 Å². The summed E-state index contributed by atoms with van der Waals surface area (Å²) in [5.74, 6) is -0.932. The summed E-state index contributed by atoms with van der Waals surface area (Å²) in [5, 5.41) is 96.1. The number of aliphatic hydroxyl groups excluding tert-OH is 9. The topological polar surface area (TPSA) is 336 Å². The van der Waals surface area contributed by atoms with E-state index in [1.807, 2.05) is 4.90 Å². The summed E-state index contributed by atoms with van der Waals surface area (Å²) in [6.07, 6.45) is -7.90. The van der Waals surface area contributed by atoms with E-state index < -0.39 is 74.6 Å². The van der Waals surface area contributed by atoms with Gasteiger partial charge in [0.25, 0.3) is 0 Å². The van der Waals surface area contributed by atoms with Crippen LogP contribution >= 0.6 is 0 Å². The minimum absolute atomic E-state index is 0.0202. The van der Waals surface area contributed by atoms with E-state index >= 15 is 0 Å². The van der Waals surface area contributed by atoms with Crippen LogP contribution in [0.5, 0.6) is 0 Å². The van der Waals surface area contributed by atoms with Crippen LogP contribution in [0.25, 0.3) is 0 Å². The summed E-state index contributed by atoms with van der Waals surface area (Å²) in [7, 11) is 3.23. The molecule has 12 atom stereocenters. The molecule has 4 amide bonds. The number of ether oxygens (including phenoxy) is 5. The zero-order chi connectivity index (χ0) is 46.7. The second-order valence-electron chi connectivity index (χ2n) is 16.1. The smallest absolute Gasteiger partial charge is 0.242 e. The lowest BCUT2D eigenvalue weighted by molar-refractivity contribution is -0.301. The van der Waals surface area contributed by atoms with Crippen molar-refractivity contribution in [1.82, 2.24) is 20.9 Å². The first-order valence-electron chi connectivity index (χ1n) is 22.2. The normalized spacial score (nSPS) is 24.9. The second-order valence-corrected chi connectivity index (χ2v) is 16.1. The highest BCUT2D eigenvalue weighted by molar-refractivity contribution is 5.87. The van der Waals surface area contributed by atoms with Gasteiger partial charge in [-0.05, 0) is 70.6 Å². The zero-order valence-corrected chi connectivity index (χ0v) is 36.8. The van der Waals surface area contributed by atoms with Crippen molar-refractivity contribution in [3.05, 3.63) is 0 Å². The van der Waals surface area contributed by atoms with Crippen molar-refractivity contribution in [1.29, 1.82) is 0 Å². The number of likely N-dealkylation sites (tertiary alicyclic amines) is 1. The fourth-order valence-corrected chi connectivity index (χ4v) is 7.26. The average molecular weight is 913 g/mol. The zero-order valence-electron chi connectivity index (χ0n) is 36.8. The molecule has 12 N–H and O–H groups in total. The molecule has 9 unspecified atom stereocenters. The molecule has 0 bridgehead atoms. The fraction of sp³-hybridized carbons (Fsp3) is 0.902. The summed E-state index contributed by atoms with van der Waals surface area (Å²) >= 11 is 0. The molecule has 0 aromatic rings. The molecular formula is C41H76N4O18. The van der Waals surface area contributed by atoms with Crippen molar-refractivity contribution in [2.45, 2.75) is 170 Å². The minimum Gasteiger partial charge on any atom is -0.396 e. The first-order valence-corrected chi connectivity index (χ1v) is 22.2. The number of carbonyl (C=O) groups is 4. The van der Waals surface area contributed by atoms with Crippen LogP contribution in [0.1, 0.15) is 96.3 Å². The second kappa shape index (κ2) is 32.1. The summed E-state index contributed by atoms with van der Waals surface area (Å²) < 4.78 is 26.6. The maximum atomic E-state index is 13.3. The van der Waals surface area contributed by atoms with Crippen molar-refractivity contribution in [3.63, 3.8) is 0 Å². The largest absolute Gasteiger partial charge is 0.396 e. The van der Waals surface area contributed by atoms with E-state index in [4.69, 9.17) is 28.8 Å². The Bertz CT molecular complexity index is 1290. The molecule has 0 aromatic carbocycles. The first-order chi connectivity index (χ1) is 30.2. The summed E-state index contributed by atoms with van der Waals surface area (Å²) in [5.41, 5.74) is 0. The molecule has 0 spiro atoms. The highest BCUT2D eigenvalue weighted by atomic mass is 16.7. The van der Waals surface area contributed by atoms with Crippen molar-refractivity contribution >= 4 is 23.6 Å². The highest BCUT2D eigenvalue weighted by Crippen LogP contribution is 2.23. The molecule has 2 aliphatic rings. The molecule has 2 rings (SSSR count). The molecule has 63 heavy (non-hydrogen) atoms. The van der Waals surface area contributed by atoms with Crippen LogP contribution in [0.15, 0.2) is 0 Å². The Morgan fingerprint density at radius 3 is 2.10 bits per heavy atom. The summed E-state index contributed by atoms with van der Waals surface area (Å²) in [6.45, 7) is 0.645. The van der Waals surface area contributed by atoms with Gasteiger partial charge in [0.2, 0.25) is 23.6 Å². The number of unbranched alkanes of at least 4 members (excludes halogenated alkanes) is 5. The van der Waals surface area contributed by atoms with Gasteiger partial charge in [0, 0.05) is 72.9 Å². The number of hydrogen-bond acceptors (Lipinski definition) is 18. The van der Waals surface area contributed by atoms with Gasteiger partial charge in [0.15, 0.2) is 12.6 Å². The Morgan fingerprint density at radius 2 is 1.41 bits per heavy atom. The van der Waals surface area contributed by atoms with E-state index in [0.29, 0.717) is 96.9 Å². The molecular weight excluding hydrogens is 836 g/mol. The number of carbonyl (C=O) groups excluding carboxylic acids is 4. The minimum atomic E-state index is -1.79. The number of nitrogens with one attached hydrogen (secondary N) is 3. The van der Waals surface area contributed by atoms with Gasteiger partial charge in [0.1, 0.15) is 42.7 Å². The quantitative estimate of drug-likeness (QED) is 0.0222. The highest BCUT2D eigenvalue weighted by Gasteiger charge is 2.44. The summed E-state index contributed by atoms with van der Waals surface area (Å²) in [4.78, 5) is 53.3. The van der Waals surface area contributed by atoms with E-state index in [-0.39, 0.29) is 68.3 Å². The third kappa shape index (κ3) is 21.0. The first kappa shape index (κ1) is 56.4. The predicted molar refractivity (Wildman–Crippen MR) is 222 cm³/mol. The Balaban J connectivity index is 1.76. The molecule has 0 aromatic heterocycles. The standard InChI is InChI=1S/C41H76N4O18/c1-59-25-26-22-27(60-2)23-45(26)33(51)15-4-3-8-18-43-39(57)28(44-32(50)14-7-11-21-62-41-38(56)36(54)35(53)30(24-47)63-41)12-5-9-17-42-31(49)13-6-10-20-61-40(58)37(55)34(52)29(48)16-19-46/h26-30,34-38,40-41,46-48,52-56,58H,3-25H2,1-2H3,(H,42,49)(H,43,57)(H,44,50)/t26-,27+,28-,29?,30?,34?,35?,36?,37?,38?,40?,41?/m0/s1. The molecule has 2 heterocycles. The number of aliphatic hydroxyl groups is 9. The summed E-state index contributed by atoms with van der Waals surface area (Å²) in [6, 6.07) is -0.875. The number of rotatable bonds is 34. The number of nitrogens with zero attached hydrogens (tertiary/aromatic N) is 1. The van der Waals surface area contributed by atoms with Gasteiger partial charge in [-0.25, -0.2) is 0 Å². The third-order valence-corrected chi connectivity index (χ3v) is 11.1.